The quantitative estimate of drug-likeness (QED) is 0.849. The highest BCUT2D eigenvalue weighted by Gasteiger charge is 2.21. The van der Waals surface area contributed by atoms with Crippen LogP contribution in [0, 0.1) is 13.8 Å². The Morgan fingerprint density at radius 1 is 1.26 bits per heavy atom. The summed E-state index contributed by atoms with van der Waals surface area (Å²) in [6.45, 7) is 5.78. The molecule has 0 bridgehead atoms. The standard InChI is InChI=1S/C15H18N2O2/c1-10-5-7-13(8-6-10)15(18)17(4)12(3)14-9-11(2)16-19-14/h5-9,12H,1-4H3/t12-/m0/s1. The average molecular weight is 258 g/mol. The molecule has 0 radical (unpaired) electrons. The highest BCUT2D eigenvalue weighted by atomic mass is 16.5. The Labute approximate surface area is 113 Å². The molecule has 1 heterocycles. The zero-order valence-electron chi connectivity index (χ0n) is 11.7. The average Bonchev–Trinajstić information content (AvgIpc) is 2.84. The van der Waals surface area contributed by atoms with Crippen LogP contribution in [0.3, 0.4) is 0 Å². The molecule has 1 aromatic carbocycles. The first kappa shape index (κ1) is 13.3. The van der Waals surface area contributed by atoms with Crippen molar-refractivity contribution in [3.63, 3.8) is 0 Å². The fraction of sp³-hybridized carbons (Fsp3) is 0.333. The molecule has 1 aromatic heterocycles. The Morgan fingerprint density at radius 2 is 1.89 bits per heavy atom. The molecule has 0 aliphatic rings. The van der Waals surface area contributed by atoms with Gasteiger partial charge in [-0.05, 0) is 32.9 Å². The molecule has 4 nitrogen and oxygen atoms in total. The number of rotatable bonds is 3. The van der Waals surface area contributed by atoms with Crippen molar-refractivity contribution in [3.05, 3.63) is 52.9 Å². The number of carbonyl (C=O) groups is 1. The number of hydrogen-bond donors (Lipinski definition) is 0. The van der Waals surface area contributed by atoms with Crippen LogP contribution in [0.4, 0.5) is 0 Å². The minimum atomic E-state index is -0.144. The van der Waals surface area contributed by atoms with E-state index in [1.807, 2.05) is 51.1 Å². The maximum Gasteiger partial charge on any atom is 0.254 e. The number of aromatic nitrogens is 1. The van der Waals surface area contributed by atoms with Gasteiger partial charge in [-0.1, -0.05) is 22.9 Å². The van der Waals surface area contributed by atoms with Crippen LogP contribution in [0.5, 0.6) is 0 Å². The molecule has 0 aliphatic carbocycles. The summed E-state index contributed by atoms with van der Waals surface area (Å²) in [5, 5.41) is 3.85. The number of carbonyl (C=O) groups excluding carboxylic acids is 1. The summed E-state index contributed by atoms with van der Waals surface area (Å²) >= 11 is 0. The monoisotopic (exact) mass is 258 g/mol. The molecule has 0 aliphatic heterocycles. The molecule has 2 aromatic rings. The number of benzene rings is 1. The van der Waals surface area contributed by atoms with Gasteiger partial charge in [0.1, 0.15) is 0 Å². The van der Waals surface area contributed by atoms with Gasteiger partial charge in [-0.2, -0.15) is 0 Å². The summed E-state index contributed by atoms with van der Waals surface area (Å²) in [6, 6.07) is 9.26. The van der Waals surface area contributed by atoms with Gasteiger partial charge in [0.25, 0.3) is 5.91 Å². The lowest BCUT2D eigenvalue weighted by molar-refractivity contribution is 0.0720. The zero-order chi connectivity index (χ0) is 14.0. The summed E-state index contributed by atoms with van der Waals surface area (Å²) in [4.78, 5) is 14.0. The van der Waals surface area contributed by atoms with Crippen LogP contribution >= 0.6 is 0 Å². The van der Waals surface area contributed by atoms with Gasteiger partial charge < -0.3 is 9.42 Å². The summed E-state index contributed by atoms with van der Waals surface area (Å²) in [7, 11) is 1.77. The molecule has 100 valence electrons. The molecule has 0 N–H and O–H groups in total. The number of hydrogen-bond acceptors (Lipinski definition) is 3. The largest absolute Gasteiger partial charge is 0.359 e. The molecule has 0 spiro atoms. The van der Waals surface area contributed by atoms with E-state index in [0.717, 1.165) is 11.3 Å². The van der Waals surface area contributed by atoms with Gasteiger partial charge in [0.15, 0.2) is 5.76 Å². The summed E-state index contributed by atoms with van der Waals surface area (Å²) in [6.07, 6.45) is 0. The lowest BCUT2D eigenvalue weighted by Crippen LogP contribution is -2.29. The van der Waals surface area contributed by atoms with Crippen LogP contribution < -0.4 is 0 Å². The summed E-state index contributed by atoms with van der Waals surface area (Å²) < 4.78 is 5.21. The fourth-order valence-corrected chi connectivity index (χ4v) is 1.85. The van der Waals surface area contributed by atoms with E-state index >= 15 is 0 Å². The fourth-order valence-electron chi connectivity index (χ4n) is 1.85. The van der Waals surface area contributed by atoms with E-state index in [4.69, 9.17) is 4.52 Å². The van der Waals surface area contributed by atoms with Gasteiger partial charge in [-0.3, -0.25) is 4.79 Å². The van der Waals surface area contributed by atoms with Crippen molar-refractivity contribution in [3.8, 4) is 0 Å². The van der Waals surface area contributed by atoms with Gasteiger partial charge in [-0.15, -0.1) is 0 Å². The van der Waals surface area contributed by atoms with E-state index in [1.165, 1.54) is 0 Å². The second-order valence-electron chi connectivity index (χ2n) is 4.83. The van der Waals surface area contributed by atoms with E-state index in [9.17, 15) is 4.79 Å². The van der Waals surface area contributed by atoms with E-state index < -0.39 is 0 Å². The Morgan fingerprint density at radius 3 is 2.42 bits per heavy atom. The molecule has 0 fully saturated rings. The predicted octanol–water partition coefficient (Wildman–Crippen LogP) is 3.12. The molecular formula is C15H18N2O2. The van der Waals surface area contributed by atoms with Crippen LogP contribution in [-0.4, -0.2) is 23.0 Å². The van der Waals surface area contributed by atoms with Crippen LogP contribution in [0.2, 0.25) is 0 Å². The lowest BCUT2D eigenvalue weighted by atomic mass is 10.1. The Kier molecular flexibility index (Phi) is 3.69. The second kappa shape index (κ2) is 5.26. The maximum atomic E-state index is 12.3. The summed E-state index contributed by atoms with van der Waals surface area (Å²) in [5.74, 6) is 0.669. The van der Waals surface area contributed by atoms with Crippen LogP contribution in [-0.2, 0) is 0 Å². The van der Waals surface area contributed by atoms with Crippen molar-refractivity contribution in [1.29, 1.82) is 0 Å². The van der Waals surface area contributed by atoms with E-state index in [2.05, 4.69) is 5.16 Å². The molecule has 4 heteroatoms. The van der Waals surface area contributed by atoms with Gasteiger partial charge in [0.2, 0.25) is 0 Å². The molecule has 1 amide bonds. The minimum Gasteiger partial charge on any atom is -0.359 e. The smallest absolute Gasteiger partial charge is 0.254 e. The first-order valence-corrected chi connectivity index (χ1v) is 6.26. The molecule has 2 rings (SSSR count). The zero-order valence-corrected chi connectivity index (χ0v) is 11.7. The topological polar surface area (TPSA) is 46.3 Å². The van der Waals surface area contributed by atoms with Crippen molar-refractivity contribution in [1.82, 2.24) is 10.1 Å². The van der Waals surface area contributed by atoms with Crippen LogP contribution in [0.25, 0.3) is 0 Å². The van der Waals surface area contributed by atoms with Gasteiger partial charge in [-0.25, -0.2) is 0 Å². The first-order chi connectivity index (χ1) is 8.99. The number of nitrogens with zero attached hydrogens (tertiary/aromatic N) is 2. The number of amides is 1. The second-order valence-corrected chi connectivity index (χ2v) is 4.83. The molecule has 0 unspecified atom stereocenters. The van der Waals surface area contributed by atoms with Crippen molar-refractivity contribution in [2.24, 2.45) is 0 Å². The third-order valence-electron chi connectivity index (χ3n) is 3.26. The van der Waals surface area contributed by atoms with Gasteiger partial charge in [0.05, 0.1) is 11.7 Å². The van der Waals surface area contributed by atoms with Crippen LogP contribution in [0.1, 0.15) is 40.3 Å². The van der Waals surface area contributed by atoms with Crippen molar-refractivity contribution < 1.29 is 9.32 Å². The van der Waals surface area contributed by atoms with Crippen molar-refractivity contribution >= 4 is 5.91 Å². The SMILES string of the molecule is Cc1ccc(C(=O)N(C)[C@@H](C)c2cc(C)no2)cc1. The number of aryl methyl sites for hydroxylation is 2. The lowest BCUT2D eigenvalue weighted by Gasteiger charge is -2.22. The predicted molar refractivity (Wildman–Crippen MR) is 72.9 cm³/mol. The molecule has 19 heavy (non-hydrogen) atoms. The molecular weight excluding hydrogens is 240 g/mol. The Bertz CT molecular complexity index is 572. The van der Waals surface area contributed by atoms with E-state index in [0.29, 0.717) is 11.3 Å². The summed E-state index contributed by atoms with van der Waals surface area (Å²) in [5.41, 5.74) is 2.63. The minimum absolute atomic E-state index is 0.0263. The maximum absolute atomic E-state index is 12.3. The Balaban J connectivity index is 2.17. The molecule has 1 atom stereocenters. The molecule has 0 saturated carbocycles. The van der Waals surface area contributed by atoms with E-state index in [1.54, 1.807) is 11.9 Å². The molecule has 0 saturated heterocycles. The van der Waals surface area contributed by atoms with Crippen molar-refractivity contribution in [2.45, 2.75) is 26.8 Å². The van der Waals surface area contributed by atoms with Crippen LogP contribution in [0.15, 0.2) is 34.9 Å². The van der Waals surface area contributed by atoms with E-state index in [-0.39, 0.29) is 11.9 Å². The van der Waals surface area contributed by atoms with Gasteiger partial charge >= 0.3 is 0 Å². The highest BCUT2D eigenvalue weighted by molar-refractivity contribution is 5.94. The van der Waals surface area contributed by atoms with Gasteiger partial charge in [0, 0.05) is 18.7 Å². The highest BCUT2D eigenvalue weighted by Crippen LogP contribution is 2.21. The van der Waals surface area contributed by atoms with Crippen molar-refractivity contribution in [2.75, 3.05) is 7.05 Å². The third kappa shape index (κ3) is 2.84. The Hall–Kier alpha value is -2.10. The first-order valence-electron chi connectivity index (χ1n) is 6.26. The normalized spacial score (nSPS) is 12.2. The third-order valence-corrected chi connectivity index (χ3v) is 3.26.